The minimum absolute atomic E-state index is 0.0362. The number of alkyl halides is 1. The van der Waals surface area contributed by atoms with Crippen LogP contribution in [-0.2, 0) is 4.74 Å². The van der Waals surface area contributed by atoms with Crippen molar-refractivity contribution in [2.75, 3.05) is 23.9 Å². The maximum atomic E-state index is 5.98. The molecule has 2 aromatic heterocycles. The van der Waals surface area contributed by atoms with Gasteiger partial charge in [-0.2, -0.15) is 0 Å². The molecule has 1 aliphatic heterocycles. The van der Waals surface area contributed by atoms with Crippen LogP contribution in [0.1, 0.15) is 13.8 Å². The minimum Gasteiger partial charge on any atom is -0.367 e. The predicted octanol–water partition coefficient (Wildman–Crippen LogP) is 2.91. The lowest BCUT2D eigenvalue weighted by Gasteiger charge is -2.43. The smallest absolute Gasteiger partial charge is 0.140 e. The Morgan fingerprint density at radius 3 is 3.16 bits per heavy atom. The molecule has 0 radical (unpaired) electrons. The molecular weight excluding hydrogens is 282 g/mol. The maximum Gasteiger partial charge on any atom is 0.140 e. The topological polar surface area (TPSA) is 38.2 Å². The van der Waals surface area contributed by atoms with E-state index in [0.717, 1.165) is 29.1 Å². The van der Waals surface area contributed by atoms with Crippen molar-refractivity contribution in [2.45, 2.75) is 25.6 Å². The molecule has 1 atom stereocenters. The number of ether oxygens (including phenoxy) is 1. The molecule has 0 saturated carbocycles. The summed E-state index contributed by atoms with van der Waals surface area (Å²) >= 11 is 7.61. The van der Waals surface area contributed by atoms with Gasteiger partial charge in [-0.3, -0.25) is 0 Å². The van der Waals surface area contributed by atoms with Crippen molar-refractivity contribution in [2.24, 2.45) is 0 Å². The number of halogens is 1. The van der Waals surface area contributed by atoms with Crippen LogP contribution in [0.25, 0.3) is 10.2 Å². The van der Waals surface area contributed by atoms with E-state index in [1.165, 1.54) is 0 Å². The Morgan fingerprint density at radius 2 is 2.37 bits per heavy atom. The van der Waals surface area contributed by atoms with Crippen molar-refractivity contribution in [1.29, 1.82) is 0 Å². The van der Waals surface area contributed by atoms with Crippen LogP contribution in [-0.4, -0.2) is 40.6 Å². The molecule has 4 nitrogen and oxygen atoms in total. The molecule has 1 aliphatic rings. The summed E-state index contributed by atoms with van der Waals surface area (Å²) in [4.78, 5) is 12.0. The molecule has 19 heavy (non-hydrogen) atoms. The molecule has 0 spiro atoms. The number of rotatable bonds is 2. The van der Waals surface area contributed by atoms with Crippen LogP contribution in [0, 0.1) is 0 Å². The Bertz CT molecular complexity index is 586. The van der Waals surface area contributed by atoms with E-state index < -0.39 is 0 Å². The summed E-state index contributed by atoms with van der Waals surface area (Å²) < 4.78 is 5.95. The zero-order valence-electron chi connectivity index (χ0n) is 11.0. The van der Waals surface area contributed by atoms with Gasteiger partial charge in [-0.15, -0.1) is 22.9 Å². The molecule has 3 rings (SSSR count). The van der Waals surface area contributed by atoms with E-state index >= 15 is 0 Å². The molecule has 2 aromatic rings. The lowest BCUT2D eigenvalue weighted by Crippen LogP contribution is -2.53. The Morgan fingerprint density at radius 1 is 1.53 bits per heavy atom. The monoisotopic (exact) mass is 297 g/mol. The summed E-state index contributed by atoms with van der Waals surface area (Å²) in [7, 11) is 0. The van der Waals surface area contributed by atoms with Crippen molar-refractivity contribution in [1.82, 2.24) is 9.97 Å². The van der Waals surface area contributed by atoms with E-state index in [1.54, 1.807) is 17.7 Å². The molecule has 0 N–H and O–H groups in total. The highest BCUT2D eigenvalue weighted by Crippen LogP contribution is 2.31. The van der Waals surface area contributed by atoms with Crippen LogP contribution in [0.3, 0.4) is 0 Å². The lowest BCUT2D eigenvalue weighted by molar-refractivity contribution is -0.0735. The highest BCUT2D eigenvalue weighted by atomic mass is 35.5. The van der Waals surface area contributed by atoms with Crippen LogP contribution >= 0.6 is 22.9 Å². The average Bonchev–Trinajstić information content (AvgIpc) is 2.84. The Hall–Kier alpha value is -0.910. The Kier molecular flexibility index (Phi) is 3.37. The van der Waals surface area contributed by atoms with Crippen molar-refractivity contribution >= 4 is 39.0 Å². The lowest BCUT2D eigenvalue weighted by atomic mass is 10.1. The largest absolute Gasteiger partial charge is 0.367 e. The minimum atomic E-state index is -0.217. The number of nitrogens with zero attached hydrogens (tertiary/aromatic N) is 3. The first-order chi connectivity index (χ1) is 9.09. The van der Waals surface area contributed by atoms with Crippen LogP contribution in [0.2, 0.25) is 0 Å². The molecule has 1 saturated heterocycles. The Balaban J connectivity index is 1.98. The number of hydrogen-bond acceptors (Lipinski definition) is 5. The van der Waals surface area contributed by atoms with Gasteiger partial charge in [0.25, 0.3) is 0 Å². The quantitative estimate of drug-likeness (QED) is 0.799. The number of aromatic nitrogens is 2. The molecule has 3 heterocycles. The normalized spacial score (nSPS) is 22.9. The van der Waals surface area contributed by atoms with Crippen LogP contribution in [0.5, 0.6) is 0 Å². The second kappa shape index (κ2) is 4.89. The average molecular weight is 298 g/mol. The number of thiophene rings is 1. The summed E-state index contributed by atoms with van der Waals surface area (Å²) in [6.45, 7) is 5.76. The molecule has 0 aliphatic carbocycles. The molecule has 1 unspecified atom stereocenters. The molecule has 0 bridgehead atoms. The number of morpholine rings is 1. The van der Waals surface area contributed by atoms with Gasteiger partial charge in [0.2, 0.25) is 0 Å². The fourth-order valence-electron chi connectivity index (χ4n) is 2.57. The van der Waals surface area contributed by atoms with Crippen molar-refractivity contribution in [3.63, 3.8) is 0 Å². The summed E-state index contributed by atoms with van der Waals surface area (Å²) in [5, 5.41) is 3.16. The molecule has 0 aromatic carbocycles. The fourth-order valence-corrected chi connectivity index (χ4v) is 3.45. The van der Waals surface area contributed by atoms with Crippen molar-refractivity contribution in [3.05, 3.63) is 17.8 Å². The summed E-state index contributed by atoms with van der Waals surface area (Å²) in [5.41, 5.74) is -0.217. The van der Waals surface area contributed by atoms with E-state index in [4.69, 9.17) is 16.3 Å². The highest BCUT2D eigenvalue weighted by Gasteiger charge is 2.34. The van der Waals surface area contributed by atoms with E-state index in [9.17, 15) is 0 Å². The highest BCUT2D eigenvalue weighted by molar-refractivity contribution is 7.16. The molecule has 0 amide bonds. The van der Waals surface area contributed by atoms with Gasteiger partial charge < -0.3 is 9.64 Å². The van der Waals surface area contributed by atoms with E-state index in [1.807, 2.05) is 5.38 Å². The summed E-state index contributed by atoms with van der Waals surface area (Å²) in [6, 6.07) is 2.08. The maximum absolute atomic E-state index is 5.98. The van der Waals surface area contributed by atoms with E-state index in [0.29, 0.717) is 5.88 Å². The van der Waals surface area contributed by atoms with Crippen LogP contribution in [0.15, 0.2) is 17.8 Å². The number of fused-ring (bicyclic) bond motifs is 1. The fraction of sp³-hybridized carbons (Fsp3) is 0.538. The standard InChI is InChI=1S/C13H16ClN3OS/c1-13(2)7-17(6-9(5-14)18-13)11-10-3-4-19-12(10)16-8-15-11/h3-4,8-9H,5-7H2,1-2H3. The van der Waals surface area contributed by atoms with Gasteiger partial charge in [-0.25, -0.2) is 9.97 Å². The second-order valence-electron chi connectivity index (χ2n) is 5.37. The van der Waals surface area contributed by atoms with Gasteiger partial charge in [0, 0.05) is 13.1 Å². The second-order valence-corrected chi connectivity index (χ2v) is 6.57. The third-order valence-corrected chi connectivity index (χ3v) is 4.36. The van der Waals surface area contributed by atoms with E-state index in [2.05, 4.69) is 34.8 Å². The zero-order chi connectivity index (χ0) is 13.5. The molecular formula is C13H16ClN3OS. The van der Waals surface area contributed by atoms with Crippen molar-refractivity contribution < 1.29 is 4.74 Å². The van der Waals surface area contributed by atoms with Gasteiger partial charge in [0.05, 0.1) is 23.0 Å². The predicted molar refractivity (Wildman–Crippen MR) is 79.3 cm³/mol. The third kappa shape index (κ3) is 2.55. The van der Waals surface area contributed by atoms with Crippen LogP contribution < -0.4 is 4.90 Å². The summed E-state index contributed by atoms with van der Waals surface area (Å²) in [5.74, 6) is 1.48. The molecule has 1 fully saturated rings. The van der Waals surface area contributed by atoms with Crippen molar-refractivity contribution in [3.8, 4) is 0 Å². The summed E-state index contributed by atoms with van der Waals surface area (Å²) in [6.07, 6.45) is 1.67. The van der Waals surface area contributed by atoms with Gasteiger partial charge >= 0.3 is 0 Å². The zero-order valence-corrected chi connectivity index (χ0v) is 12.5. The van der Waals surface area contributed by atoms with Crippen LogP contribution in [0.4, 0.5) is 5.82 Å². The van der Waals surface area contributed by atoms with Gasteiger partial charge in [0.1, 0.15) is 17.0 Å². The first-order valence-corrected chi connectivity index (χ1v) is 7.67. The molecule has 6 heteroatoms. The van der Waals surface area contributed by atoms with Gasteiger partial charge in [-0.1, -0.05) is 0 Å². The molecule has 102 valence electrons. The SMILES string of the molecule is CC1(C)CN(c2ncnc3sccc23)CC(CCl)O1. The first-order valence-electron chi connectivity index (χ1n) is 6.26. The van der Waals surface area contributed by atoms with Gasteiger partial charge in [0.15, 0.2) is 0 Å². The third-order valence-electron chi connectivity index (χ3n) is 3.19. The first kappa shape index (κ1) is 13.1. The van der Waals surface area contributed by atoms with Gasteiger partial charge in [-0.05, 0) is 25.3 Å². The number of anilines is 1. The Labute approximate surface area is 121 Å². The number of hydrogen-bond donors (Lipinski definition) is 0. The van der Waals surface area contributed by atoms with E-state index in [-0.39, 0.29) is 11.7 Å².